The Balaban J connectivity index is 2.46. The van der Waals surface area contributed by atoms with Crippen LogP contribution in [-0.4, -0.2) is 40.5 Å². The van der Waals surface area contributed by atoms with E-state index < -0.39 is 0 Å². The molecular formula is C13H20N4O. The van der Waals surface area contributed by atoms with E-state index in [0.29, 0.717) is 11.7 Å². The first kappa shape index (κ1) is 12.8. The van der Waals surface area contributed by atoms with E-state index in [1.807, 2.05) is 25.8 Å². The monoisotopic (exact) mass is 248 g/mol. The van der Waals surface area contributed by atoms with Gasteiger partial charge in [0.25, 0.3) is 0 Å². The lowest BCUT2D eigenvalue weighted by atomic mass is 10.0. The summed E-state index contributed by atoms with van der Waals surface area (Å²) >= 11 is 0. The zero-order valence-corrected chi connectivity index (χ0v) is 11.6. The summed E-state index contributed by atoms with van der Waals surface area (Å²) in [5, 5.41) is 0. The number of carbonyl (C=O) groups is 1. The first-order chi connectivity index (χ1) is 8.41. The number of amides is 2. The molecule has 1 aromatic heterocycles. The average molecular weight is 248 g/mol. The number of hydrogen-bond donors (Lipinski definition) is 0. The van der Waals surface area contributed by atoms with Crippen LogP contribution in [0, 0.1) is 19.8 Å². The molecule has 0 N–H and O–H groups in total. The van der Waals surface area contributed by atoms with E-state index in [9.17, 15) is 4.79 Å². The zero-order chi connectivity index (χ0) is 13.4. The molecule has 0 aliphatic carbocycles. The number of aryl methyl sites for hydroxylation is 2. The molecule has 0 aromatic carbocycles. The van der Waals surface area contributed by atoms with Crippen molar-refractivity contribution in [1.82, 2.24) is 14.9 Å². The molecule has 98 valence electrons. The van der Waals surface area contributed by atoms with Crippen LogP contribution in [0.15, 0.2) is 6.20 Å². The summed E-state index contributed by atoms with van der Waals surface area (Å²) in [5.74, 6) is 1.84. The second-order valence-corrected chi connectivity index (χ2v) is 5.27. The lowest BCUT2D eigenvalue weighted by Gasteiger charge is -2.26. The normalized spacial score (nSPS) is 20.1. The van der Waals surface area contributed by atoms with Crippen molar-refractivity contribution in [2.24, 2.45) is 5.92 Å². The Labute approximate surface area is 108 Å². The molecule has 0 bridgehead atoms. The molecular weight excluding hydrogens is 228 g/mol. The van der Waals surface area contributed by atoms with Crippen molar-refractivity contribution >= 4 is 11.8 Å². The highest BCUT2D eigenvalue weighted by atomic mass is 16.2. The van der Waals surface area contributed by atoms with Gasteiger partial charge in [-0.15, -0.1) is 0 Å². The summed E-state index contributed by atoms with van der Waals surface area (Å²) in [6, 6.07) is 0.199. The standard InChI is InChI=1S/C13H20N4O/c1-8(2)11-7-16(5)13(18)17(11)12-9(3)6-14-10(4)15-12/h6,8,11H,7H2,1-5H3/t11-/m1/s1. The summed E-state index contributed by atoms with van der Waals surface area (Å²) < 4.78 is 0. The van der Waals surface area contributed by atoms with Gasteiger partial charge in [0.05, 0.1) is 6.04 Å². The Morgan fingerprint density at radius 1 is 1.39 bits per heavy atom. The Hall–Kier alpha value is -1.65. The maximum absolute atomic E-state index is 12.3. The fourth-order valence-corrected chi connectivity index (χ4v) is 2.28. The number of aromatic nitrogens is 2. The van der Waals surface area contributed by atoms with Crippen molar-refractivity contribution in [2.45, 2.75) is 33.7 Å². The Morgan fingerprint density at radius 3 is 2.67 bits per heavy atom. The van der Waals surface area contributed by atoms with Crippen LogP contribution in [0.1, 0.15) is 25.2 Å². The van der Waals surface area contributed by atoms with Gasteiger partial charge >= 0.3 is 6.03 Å². The van der Waals surface area contributed by atoms with Gasteiger partial charge in [-0.1, -0.05) is 13.8 Å². The number of carbonyl (C=O) groups excluding carboxylic acids is 1. The van der Waals surface area contributed by atoms with Crippen molar-refractivity contribution < 1.29 is 4.79 Å². The van der Waals surface area contributed by atoms with Gasteiger partial charge < -0.3 is 4.90 Å². The highest BCUT2D eigenvalue weighted by Crippen LogP contribution is 2.28. The number of nitrogens with zero attached hydrogens (tertiary/aromatic N) is 4. The second-order valence-electron chi connectivity index (χ2n) is 5.27. The van der Waals surface area contributed by atoms with Crippen LogP contribution in [-0.2, 0) is 0 Å². The molecule has 0 spiro atoms. The molecule has 1 aliphatic heterocycles. The molecule has 1 atom stereocenters. The first-order valence-electron chi connectivity index (χ1n) is 6.26. The lowest BCUT2D eigenvalue weighted by molar-refractivity contribution is 0.229. The third kappa shape index (κ3) is 2.05. The number of anilines is 1. The minimum absolute atomic E-state index is 0.0231. The number of hydrogen-bond acceptors (Lipinski definition) is 3. The average Bonchev–Trinajstić information content (AvgIpc) is 2.60. The third-order valence-electron chi connectivity index (χ3n) is 3.39. The molecule has 1 aromatic rings. The second kappa shape index (κ2) is 4.55. The van der Waals surface area contributed by atoms with Crippen molar-refractivity contribution in [3.63, 3.8) is 0 Å². The quantitative estimate of drug-likeness (QED) is 0.804. The SMILES string of the molecule is Cc1ncc(C)c(N2C(=O)N(C)C[C@@H]2C(C)C)n1. The maximum Gasteiger partial charge on any atom is 0.325 e. The van der Waals surface area contributed by atoms with Gasteiger partial charge in [0, 0.05) is 25.4 Å². The molecule has 2 heterocycles. The van der Waals surface area contributed by atoms with Crippen LogP contribution in [0.25, 0.3) is 0 Å². The van der Waals surface area contributed by atoms with E-state index in [1.54, 1.807) is 11.1 Å². The molecule has 5 nitrogen and oxygen atoms in total. The van der Waals surface area contributed by atoms with E-state index in [2.05, 4.69) is 23.8 Å². The fraction of sp³-hybridized carbons (Fsp3) is 0.615. The molecule has 0 saturated carbocycles. The van der Waals surface area contributed by atoms with Crippen molar-refractivity contribution in [3.05, 3.63) is 17.6 Å². The van der Waals surface area contributed by atoms with E-state index in [0.717, 1.165) is 17.9 Å². The predicted octanol–water partition coefficient (Wildman–Crippen LogP) is 1.99. The van der Waals surface area contributed by atoms with Gasteiger partial charge in [-0.2, -0.15) is 0 Å². The summed E-state index contributed by atoms with van der Waals surface area (Å²) in [5.41, 5.74) is 0.940. The Bertz CT molecular complexity index is 472. The van der Waals surface area contributed by atoms with Gasteiger partial charge in [0.15, 0.2) is 0 Å². The van der Waals surface area contributed by atoms with Crippen molar-refractivity contribution in [3.8, 4) is 0 Å². The van der Waals surface area contributed by atoms with E-state index in [4.69, 9.17) is 0 Å². The van der Waals surface area contributed by atoms with Crippen molar-refractivity contribution in [2.75, 3.05) is 18.5 Å². The number of rotatable bonds is 2. The zero-order valence-electron chi connectivity index (χ0n) is 11.6. The maximum atomic E-state index is 12.3. The highest BCUT2D eigenvalue weighted by molar-refractivity contribution is 5.94. The third-order valence-corrected chi connectivity index (χ3v) is 3.39. The summed E-state index contributed by atoms with van der Waals surface area (Å²) in [6.45, 7) is 8.80. The van der Waals surface area contributed by atoms with Gasteiger partial charge in [0.2, 0.25) is 0 Å². The first-order valence-corrected chi connectivity index (χ1v) is 6.26. The smallest absolute Gasteiger partial charge is 0.325 e. The molecule has 18 heavy (non-hydrogen) atoms. The van der Waals surface area contributed by atoms with Crippen LogP contribution in [0.4, 0.5) is 10.6 Å². The molecule has 1 saturated heterocycles. The van der Waals surface area contributed by atoms with E-state index in [1.165, 1.54) is 0 Å². The molecule has 1 fully saturated rings. The highest BCUT2D eigenvalue weighted by Gasteiger charge is 2.39. The van der Waals surface area contributed by atoms with Gasteiger partial charge in [-0.05, 0) is 19.8 Å². The fourth-order valence-electron chi connectivity index (χ4n) is 2.28. The minimum atomic E-state index is 0.0231. The van der Waals surface area contributed by atoms with Crippen molar-refractivity contribution in [1.29, 1.82) is 0 Å². The molecule has 1 aliphatic rings. The van der Waals surface area contributed by atoms with Gasteiger partial charge in [0.1, 0.15) is 11.6 Å². The Kier molecular flexibility index (Phi) is 3.24. The predicted molar refractivity (Wildman–Crippen MR) is 70.6 cm³/mol. The molecule has 2 rings (SSSR count). The van der Waals surface area contributed by atoms with Crippen LogP contribution in [0.5, 0.6) is 0 Å². The molecule has 2 amide bonds. The topological polar surface area (TPSA) is 49.3 Å². The molecule has 0 unspecified atom stereocenters. The summed E-state index contributed by atoms with van der Waals surface area (Å²) in [4.78, 5) is 24.4. The Morgan fingerprint density at radius 2 is 2.06 bits per heavy atom. The number of urea groups is 1. The lowest BCUT2D eigenvalue weighted by Crippen LogP contribution is -2.38. The molecule has 0 radical (unpaired) electrons. The van der Waals surface area contributed by atoms with Crippen LogP contribution >= 0.6 is 0 Å². The minimum Gasteiger partial charge on any atom is -0.325 e. The number of likely N-dealkylation sites (N-methyl/N-ethyl adjacent to an activating group) is 1. The van der Waals surface area contributed by atoms with Gasteiger partial charge in [-0.3, -0.25) is 4.90 Å². The van der Waals surface area contributed by atoms with Crippen LogP contribution in [0.3, 0.4) is 0 Å². The summed E-state index contributed by atoms with van der Waals surface area (Å²) in [6.07, 6.45) is 1.78. The molecule has 5 heteroatoms. The largest absolute Gasteiger partial charge is 0.325 e. The van der Waals surface area contributed by atoms with Crippen LogP contribution < -0.4 is 4.90 Å². The summed E-state index contributed by atoms with van der Waals surface area (Å²) in [7, 11) is 1.83. The van der Waals surface area contributed by atoms with E-state index >= 15 is 0 Å². The van der Waals surface area contributed by atoms with Gasteiger partial charge in [-0.25, -0.2) is 14.8 Å². The van der Waals surface area contributed by atoms with Crippen LogP contribution in [0.2, 0.25) is 0 Å². The van der Waals surface area contributed by atoms with E-state index in [-0.39, 0.29) is 12.1 Å².